The van der Waals surface area contributed by atoms with Gasteiger partial charge in [0.25, 0.3) is 5.91 Å². The Hall–Kier alpha value is -3.47. The number of hydrogen-bond donors (Lipinski definition) is 2. The van der Waals surface area contributed by atoms with E-state index in [-0.39, 0.29) is 30.1 Å². The van der Waals surface area contributed by atoms with Crippen LogP contribution in [0.1, 0.15) is 79.2 Å². The minimum Gasteiger partial charge on any atom is -0.451 e. The van der Waals surface area contributed by atoms with Gasteiger partial charge in [-0.05, 0) is 50.8 Å². The van der Waals surface area contributed by atoms with Crippen LogP contribution in [0.4, 0.5) is 0 Å². The summed E-state index contributed by atoms with van der Waals surface area (Å²) < 4.78 is 5.97. The van der Waals surface area contributed by atoms with E-state index in [1.807, 2.05) is 90.9 Å². The third-order valence-corrected chi connectivity index (χ3v) is 9.61. The molecule has 1 aromatic rings. The van der Waals surface area contributed by atoms with Crippen LogP contribution in [-0.4, -0.2) is 102 Å². The minimum atomic E-state index is -1.07. The summed E-state index contributed by atoms with van der Waals surface area (Å²) in [4.78, 5) is 72.4. The number of amides is 4. The number of primary amides is 1. The second-order valence-corrected chi connectivity index (χ2v) is 13.2. The summed E-state index contributed by atoms with van der Waals surface area (Å²) in [5, 5.41) is 2.77. The van der Waals surface area contributed by atoms with E-state index in [1.165, 1.54) is 9.80 Å². The van der Waals surface area contributed by atoms with Gasteiger partial charge in [0.05, 0.1) is 0 Å². The lowest BCUT2D eigenvalue weighted by Gasteiger charge is -2.38. The van der Waals surface area contributed by atoms with Crippen LogP contribution in [0.2, 0.25) is 0 Å². The molecule has 0 aliphatic carbocycles. The van der Waals surface area contributed by atoms with Crippen LogP contribution in [0.15, 0.2) is 30.3 Å². The molecule has 0 spiro atoms. The van der Waals surface area contributed by atoms with Crippen molar-refractivity contribution in [2.45, 2.75) is 110 Å². The van der Waals surface area contributed by atoms with Crippen molar-refractivity contribution < 1.29 is 28.7 Å². The zero-order chi connectivity index (χ0) is 34.7. The van der Waals surface area contributed by atoms with E-state index < -0.39 is 54.0 Å². The van der Waals surface area contributed by atoms with Crippen LogP contribution in [-0.2, 0) is 35.1 Å². The maximum absolute atomic E-state index is 14.3. The normalized spacial score (nSPS) is 19.3. The number of carbonyl (C=O) groups excluding carboxylic acids is 5. The Morgan fingerprint density at radius 3 is 2.00 bits per heavy atom. The third kappa shape index (κ3) is 9.77. The van der Waals surface area contributed by atoms with Gasteiger partial charge < -0.3 is 25.6 Å². The summed E-state index contributed by atoms with van der Waals surface area (Å²) in [5.41, 5.74) is 6.49. The van der Waals surface area contributed by atoms with Gasteiger partial charge in [0.2, 0.25) is 17.7 Å². The zero-order valence-electron chi connectivity index (χ0n) is 29.3. The van der Waals surface area contributed by atoms with Crippen LogP contribution in [0.25, 0.3) is 0 Å². The second-order valence-electron chi connectivity index (χ2n) is 13.2. The van der Waals surface area contributed by atoms with Crippen LogP contribution < -0.4 is 11.1 Å². The molecule has 11 nitrogen and oxygen atoms in total. The summed E-state index contributed by atoms with van der Waals surface area (Å²) in [6.07, 6.45) is 2.15. The number of rotatable bonds is 17. The molecule has 1 aliphatic rings. The van der Waals surface area contributed by atoms with Crippen molar-refractivity contribution in [1.29, 1.82) is 0 Å². The molecule has 8 atom stereocenters. The lowest BCUT2D eigenvalue weighted by atomic mass is 9.93. The van der Waals surface area contributed by atoms with E-state index in [2.05, 4.69) is 5.32 Å². The molecule has 0 aromatic heterocycles. The van der Waals surface area contributed by atoms with E-state index in [0.29, 0.717) is 32.2 Å². The molecule has 0 bridgehead atoms. The summed E-state index contributed by atoms with van der Waals surface area (Å²) >= 11 is 0. The smallest absolute Gasteiger partial charge is 0.324 e. The molecule has 258 valence electrons. The highest BCUT2D eigenvalue weighted by molar-refractivity contribution is 5.95. The number of ether oxygens (including phenoxy) is 1. The fraction of sp³-hybridized carbons (Fsp3) is 0.686. The average molecular weight is 644 g/mol. The Labute approximate surface area is 275 Å². The third-order valence-electron chi connectivity index (χ3n) is 9.61. The predicted molar refractivity (Wildman–Crippen MR) is 178 cm³/mol. The molecule has 11 heteroatoms. The monoisotopic (exact) mass is 643 g/mol. The second kappa shape index (κ2) is 18.0. The lowest BCUT2D eigenvalue weighted by molar-refractivity contribution is -0.171. The molecular weight excluding hydrogens is 586 g/mol. The fourth-order valence-corrected chi connectivity index (χ4v) is 6.16. The van der Waals surface area contributed by atoms with Gasteiger partial charge in [-0.15, -0.1) is 0 Å². The molecular formula is C35H57N5O6. The number of benzene rings is 1. The van der Waals surface area contributed by atoms with Gasteiger partial charge in [0, 0.05) is 25.9 Å². The number of esters is 1. The maximum atomic E-state index is 14.3. The topological polar surface area (TPSA) is 142 Å². The number of carbonyl (C=O) groups is 5. The van der Waals surface area contributed by atoms with Gasteiger partial charge in [-0.2, -0.15) is 0 Å². The largest absolute Gasteiger partial charge is 0.451 e. The van der Waals surface area contributed by atoms with Gasteiger partial charge in [-0.1, -0.05) is 84.7 Å². The van der Waals surface area contributed by atoms with Crippen molar-refractivity contribution in [2.75, 3.05) is 27.7 Å². The Morgan fingerprint density at radius 1 is 0.913 bits per heavy atom. The molecule has 1 aromatic carbocycles. The first-order valence-corrected chi connectivity index (χ1v) is 16.8. The number of likely N-dealkylation sites (tertiary alicyclic amines) is 1. The van der Waals surface area contributed by atoms with E-state index in [9.17, 15) is 24.0 Å². The molecule has 0 saturated carbocycles. The Balaban J connectivity index is 2.32. The van der Waals surface area contributed by atoms with E-state index >= 15 is 0 Å². The molecule has 3 N–H and O–H groups in total. The Bertz CT molecular complexity index is 1180. The number of hydrogen-bond acceptors (Lipinski definition) is 7. The van der Waals surface area contributed by atoms with E-state index in [4.69, 9.17) is 10.5 Å². The molecule has 1 aliphatic heterocycles. The summed E-state index contributed by atoms with van der Waals surface area (Å²) in [6.45, 7) is 12.0. The van der Waals surface area contributed by atoms with Gasteiger partial charge in [0.1, 0.15) is 24.2 Å². The highest BCUT2D eigenvalue weighted by Gasteiger charge is 2.44. The quantitative estimate of drug-likeness (QED) is 0.249. The standard InChI is InChI=1S/C35H57N5O6/c1-10-22(4)28(39(9)34(44)30(24(6)12-3)46-35(45)29(38(7)8)23(5)11-2)33(43)40-20-16-19-27(40)32(42)37-26(31(36)41)21-25-17-14-13-15-18-25/h13-15,17-18,22-24,26-30H,10-12,16,19-21H2,1-9H3,(H2,36,41)(H,37,42)/t22-,23-,24-,26-,27-,28-,29-,30-/m0/s1. The van der Waals surface area contributed by atoms with Gasteiger partial charge >= 0.3 is 5.97 Å². The average Bonchev–Trinajstić information content (AvgIpc) is 3.53. The van der Waals surface area contributed by atoms with Crippen molar-refractivity contribution in [1.82, 2.24) is 20.0 Å². The van der Waals surface area contributed by atoms with Crippen molar-refractivity contribution in [2.24, 2.45) is 23.5 Å². The summed E-state index contributed by atoms with van der Waals surface area (Å²) in [6, 6.07) is 6.12. The molecule has 0 radical (unpaired) electrons. The highest BCUT2D eigenvalue weighted by atomic mass is 16.6. The minimum absolute atomic E-state index is 0.0162. The number of likely N-dealkylation sites (N-methyl/N-ethyl adjacent to an activating group) is 2. The molecule has 4 amide bonds. The highest BCUT2D eigenvalue weighted by Crippen LogP contribution is 2.26. The van der Waals surface area contributed by atoms with E-state index in [1.54, 1.807) is 7.05 Å². The van der Waals surface area contributed by atoms with Crippen LogP contribution in [0.3, 0.4) is 0 Å². The van der Waals surface area contributed by atoms with E-state index in [0.717, 1.165) is 12.0 Å². The van der Waals surface area contributed by atoms with Crippen molar-refractivity contribution in [3.8, 4) is 0 Å². The Morgan fingerprint density at radius 2 is 1.48 bits per heavy atom. The van der Waals surface area contributed by atoms with Crippen molar-refractivity contribution >= 4 is 29.6 Å². The number of nitrogens with one attached hydrogen (secondary N) is 1. The first-order chi connectivity index (χ1) is 21.7. The summed E-state index contributed by atoms with van der Waals surface area (Å²) in [5.74, 6) is -2.88. The maximum Gasteiger partial charge on any atom is 0.324 e. The van der Waals surface area contributed by atoms with Gasteiger partial charge in [0.15, 0.2) is 6.10 Å². The predicted octanol–water partition coefficient (Wildman–Crippen LogP) is 3.00. The molecule has 1 saturated heterocycles. The van der Waals surface area contributed by atoms with Crippen molar-refractivity contribution in [3.63, 3.8) is 0 Å². The zero-order valence-corrected chi connectivity index (χ0v) is 29.3. The molecule has 46 heavy (non-hydrogen) atoms. The molecule has 2 rings (SSSR count). The first-order valence-electron chi connectivity index (χ1n) is 16.8. The number of nitrogens with two attached hydrogens (primary N) is 1. The van der Waals surface area contributed by atoms with Gasteiger partial charge in [-0.25, -0.2) is 0 Å². The first kappa shape index (κ1) is 38.7. The number of nitrogens with zero attached hydrogens (tertiary/aromatic N) is 3. The fourth-order valence-electron chi connectivity index (χ4n) is 6.16. The van der Waals surface area contributed by atoms with Crippen LogP contribution in [0.5, 0.6) is 0 Å². The van der Waals surface area contributed by atoms with Crippen LogP contribution >= 0.6 is 0 Å². The van der Waals surface area contributed by atoms with Gasteiger partial charge in [-0.3, -0.25) is 28.9 Å². The van der Waals surface area contributed by atoms with Crippen LogP contribution in [0, 0.1) is 17.8 Å². The SMILES string of the molecule is CC[C@H](C)[C@H](OC(=O)[C@H]([C@@H](C)CC)N(C)C)C(=O)N(C)[C@H](C(=O)N1CCC[C@H]1C(=O)N[C@@H](Cc1ccccc1)C(N)=O)[C@@H](C)CC. The molecule has 0 unspecified atom stereocenters. The lowest BCUT2D eigenvalue weighted by Crippen LogP contribution is -2.59. The molecule has 1 fully saturated rings. The molecule has 1 heterocycles. The summed E-state index contributed by atoms with van der Waals surface area (Å²) in [7, 11) is 5.21. The van der Waals surface area contributed by atoms with Crippen molar-refractivity contribution in [3.05, 3.63) is 35.9 Å². The Kier molecular flexibility index (Phi) is 15.2.